The number of nitrogens with zero attached hydrogens (tertiary/aromatic N) is 2. The van der Waals surface area contributed by atoms with Crippen LogP contribution in [-0.2, 0) is 0 Å². The van der Waals surface area contributed by atoms with Crippen molar-refractivity contribution in [2.75, 3.05) is 18.4 Å². The summed E-state index contributed by atoms with van der Waals surface area (Å²) in [4.78, 5) is 21.2. The molecular formula is C15H18N4O. The molecule has 0 bridgehead atoms. The maximum Gasteiger partial charge on any atom is 0.250 e. The van der Waals surface area contributed by atoms with E-state index in [1.807, 2.05) is 6.07 Å². The molecule has 5 nitrogen and oxygen atoms in total. The molecule has 1 aliphatic heterocycles. The van der Waals surface area contributed by atoms with Gasteiger partial charge in [0.25, 0.3) is 5.56 Å². The molecule has 1 saturated heterocycles. The number of aromatic amines is 1. The van der Waals surface area contributed by atoms with Crippen LogP contribution in [0.4, 0.5) is 5.69 Å². The van der Waals surface area contributed by atoms with Crippen LogP contribution in [0.3, 0.4) is 0 Å². The second-order valence-corrected chi connectivity index (χ2v) is 5.82. The van der Waals surface area contributed by atoms with Crippen LogP contribution in [0.1, 0.15) is 19.3 Å². The summed E-state index contributed by atoms with van der Waals surface area (Å²) in [6, 6.07) is 4.86. The normalized spacial score (nSPS) is 23.3. The Bertz CT molecular complexity index is 692. The predicted molar refractivity (Wildman–Crippen MR) is 79.0 cm³/mol. The van der Waals surface area contributed by atoms with E-state index in [1.54, 1.807) is 18.5 Å². The number of aromatic nitrogens is 2. The fourth-order valence-electron chi connectivity index (χ4n) is 3.12. The molecule has 2 aliphatic rings. The van der Waals surface area contributed by atoms with Gasteiger partial charge >= 0.3 is 0 Å². The average molecular weight is 270 g/mol. The van der Waals surface area contributed by atoms with Crippen molar-refractivity contribution in [3.8, 4) is 0 Å². The van der Waals surface area contributed by atoms with Crippen molar-refractivity contribution in [1.29, 1.82) is 0 Å². The first kappa shape index (κ1) is 11.9. The Morgan fingerprint density at radius 2 is 2.25 bits per heavy atom. The largest absolute Gasteiger partial charge is 0.380 e. The minimum atomic E-state index is -0.0787. The van der Waals surface area contributed by atoms with Crippen molar-refractivity contribution in [2.45, 2.75) is 31.3 Å². The van der Waals surface area contributed by atoms with E-state index in [2.05, 4.69) is 20.2 Å². The summed E-state index contributed by atoms with van der Waals surface area (Å²) in [5.41, 5.74) is 1.64. The summed E-state index contributed by atoms with van der Waals surface area (Å²) in [6.45, 7) is 2.26. The van der Waals surface area contributed by atoms with Crippen molar-refractivity contribution < 1.29 is 0 Å². The zero-order chi connectivity index (χ0) is 13.5. The van der Waals surface area contributed by atoms with Crippen molar-refractivity contribution >= 4 is 16.6 Å². The zero-order valence-corrected chi connectivity index (χ0v) is 11.3. The highest BCUT2D eigenvalue weighted by Crippen LogP contribution is 2.31. The molecule has 1 unspecified atom stereocenters. The van der Waals surface area contributed by atoms with Gasteiger partial charge < -0.3 is 10.3 Å². The lowest BCUT2D eigenvalue weighted by molar-refractivity contribution is 0.326. The fraction of sp³-hybridized carbons (Fsp3) is 0.467. The van der Waals surface area contributed by atoms with Crippen LogP contribution in [0.5, 0.6) is 0 Å². The Morgan fingerprint density at radius 1 is 1.35 bits per heavy atom. The topological polar surface area (TPSA) is 61.0 Å². The Labute approximate surface area is 117 Å². The van der Waals surface area contributed by atoms with Crippen LogP contribution in [0.2, 0.25) is 0 Å². The molecule has 0 radical (unpaired) electrons. The van der Waals surface area contributed by atoms with E-state index in [1.165, 1.54) is 19.4 Å². The third kappa shape index (κ3) is 2.18. The van der Waals surface area contributed by atoms with Crippen LogP contribution < -0.4 is 10.9 Å². The zero-order valence-electron chi connectivity index (χ0n) is 11.3. The Kier molecular flexibility index (Phi) is 2.73. The first-order valence-electron chi connectivity index (χ1n) is 7.27. The molecule has 2 N–H and O–H groups in total. The monoisotopic (exact) mass is 270 g/mol. The highest BCUT2D eigenvalue weighted by molar-refractivity contribution is 5.90. The second-order valence-electron chi connectivity index (χ2n) is 5.82. The minimum Gasteiger partial charge on any atom is -0.380 e. The fourth-order valence-corrected chi connectivity index (χ4v) is 3.12. The van der Waals surface area contributed by atoms with Crippen LogP contribution in [0.15, 0.2) is 29.3 Å². The number of hydrogen-bond acceptors (Lipinski definition) is 4. The average Bonchev–Trinajstić information content (AvgIpc) is 3.19. The standard InChI is InChI=1S/C15H18N4O/c20-15-7-13(12-3-5-16-8-14(12)18-15)17-10-4-6-19(9-10)11-1-2-11/h3,5,7-8,10-11H,1-2,4,6,9H2,(H2,17,18,20). The van der Waals surface area contributed by atoms with Gasteiger partial charge in [-0.15, -0.1) is 0 Å². The van der Waals surface area contributed by atoms with Crippen LogP contribution >= 0.6 is 0 Å². The van der Waals surface area contributed by atoms with Crippen molar-refractivity contribution in [2.24, 2.45) is 0 Å². The summed E-state index contributed by atoms with van der Waals surface area (Å²) in [5.74, 6) is 0. The number of fused-ring (bicyclic) bond motifs is 1. The quantitative estimate of drug-likeness (QED) is 0.889. The minimum absolute atomic E-state index is 0.0787. The lowest BCUT2D eigenvalue weighted by Crippen LogP contribution is -2.28. The molecule has 2 aromatic heterocycles. The van der Waals surface area contributed by atoms with E-state index in [4.69, 9.17) is 0 Å². The third-order valence-corrected chi connectivity index (χ3v) is 4.29. The van der Waals surface area contributed by atoms with Crippen molar-refractivity contribution in [3.63, 3.8) is 0 Å². The van der Waals surface area contributed by atoms with Crippen molar-refractivity contribution in [3.05, 3.63) is 34.9 Å². The SMILES string of the molecule is O=c1cc(NC2CCN(C3CC3)C2)c2ccncc2[nH]1. The van der Waals surface area contributed by atoms with E-state index < -0.39 is 0 Å². The Morgan fingerprint density at radius 3 is 3.10 bits per heavy atom. The highest BCUT2D eigenvalue weighted by Gasteiger charge is 2.34. The number of anilines is 1. The summed E-state index contributed by atoms with van der Waals surface area (Å²) in [6.07, 6.45) is 7.32. The molecule has 0 amide bonds. The predicted octanol–water partition coefficient (Wildman–Crippen LogP) is 1.57. The number of nitrogens with one attached hydrogen (secondary N) is 2. The van der Waals surface area contributed by atoms with E-state index in [0.29, 0.717) is 6.04 Å². The number of likely N-dealkylation sites (tertiary alicyclic amines) is 1. The van der Waals surface area contributed by atoms with Crippen LogP contribution in [0, 0.1) is 0 Å². The molecule has 20 heavy (non-hydrogen) atoms. The number of pyridine rings is 2. The van der Waals surface area contributed by atoms with Gasteiger partial charge in [-0.3, -0.25) is 14.7 Å². The van der Waals surface area contributed by atoms with E-state index >= 15 is 0 Å². The molecular weight excluding hydrogens is 252 g/mol. The molecule has 5 heteroatoms. The van der Waals surface area contributed by atoms with Gasteiger partial charge in [0.05, 0.1) is 11.7 Å². The van der Waals surface area contributed by atoms with Gasteiger partial charge in [0.2, 0.25) is 0 Å². The third-order valence-electron chi connectivity index (χ3n) is 4.29. The van der Waals surface area contributed by atoms with Gasteiger partial charge in [0.1, 0.15) is 0 Å². The first-order valence-corrected chi connectivity index (χ1v) is 7.27. The van der Waals surface area contributed by atoms with E-state index in [0.717, 1.165) is 35.6 Å². The number of rotatable bonds is 3. The van der Waals surface area contributed by atoms with E-state index in [-0.39, 0.29) is 5.56 Å². The first-order chi connectivity index (χ1) is 9.79. The number of H-pyrrole nitrogens is 1. The number of hydrogen-bond donors (Lipinski definition) is 2. The van der Waals surface area contributed by atoms with Crippen LogP contribution in [-0.4, -0.2) is 40.0 Å². The molecule has 0 aromatic carbocycles. The van der Waals surface area contributed by atoms with Gasteiger partial charge in [0.15, 0.2) is 0 Å². The molecule has 2 fully saturated rings. The molecule has 3 heterocycles. The lowest BCUT2D eigenvalue weighted by Gasteiger charge is -2.17. The van der Waals surface area contributed by atoms with Crippen molar-refractivity contribution in [1.82, 2.24) is 14.9 Å². The summed E-state index contributed by atoms with van der Waals surface area (Å²) < 4.78 is 0. The maximum absolute atomic E-state index is 11.7. The molecule has 4 rings (SSSR count). The van der Waals surface area contributed by atoms with Gasteiger partial charge in [-0.2, -0.15) is 0 Å². The second kappa shape index (κ2) is 4.59. The molecule has 1 atom stereocenters. The van der Waals surface area contributed by atoms with Gasteiger partial charge in [-0.05, 0) is 25.3 Å². The summed E-state index contributed by atoms with van der Waals surface area (Å²) in [7, 11) is 0. The molecule has 104 valence electrons. The Hall–Kier alpha value is -1.88. The van der Waals surface area contributed by atoms with Gasteiger partial charge in [0, 0.05) is 48.5 Å². The maximum atomic E-state index is 11.7. The van der Waals surface area contributed by atoms with Crippen LogP contribution in [0.25, 0.3) is 10.9 Å². The van der Waals surface area contributed by atoms with Gasteiger partial charge in [-0.25, -0.2) is 0 Å². The highest BCUT2D eigenvalue weighted by atomic mass is 16.1. The summed E-state index contributed by atoms with van der Waals surface area (Å²) in [5, 5.41) is 4.58. The smallest absolute Gasteiger partial charge is 0.250 e. The molecule has 1 saturated carbocycles. The van der Waals surface area contributed by atoms with E-state index in [9.17, 15) is 4.79 Å². The Balaban J connectivity index is 1.60. The summed E-state index contributed by atoms with van der Waals surface area (Å²) >= 11 is 0. The molecule has 2 aromatic rings. The lowest BCUT2D eigenvalue weighted by atomic mass is 10.2. The molecule has 0 spiro atoms. The van der Waals surface area contributed by atoms with Gasteiger partial charge in [-0.1, -0.05) is 0 Å². The molecule has 1 aliphatic carbocycles.